The SMILES string of the molecule is O=C1CCC(C(=O)N2CCN(C3CCOc4ccccc43)CC2)N1. The second-order valence-corrected chi connectivity index (χ2v) is 6.71. The summed E-state index contributed by atoms with van der Waals surface area (Å²) in [5.41, 5.74) is 1.26. The van der Waals surface area contributed by atoms with Gasteiger partial charge in [0.25, 0.3) is 0 Å². The number of rotatable bonds is 2. The minimum Gasteiger partial charge on any atom is -0.493 e. The van der Waals surface area contributed by atoms with Crippen molar-refractivity contribution in [3.63, 3.8) is 0 Å². The van der Waals surface area contributed by atoms with Gasteiger partial charge in [-0.2, -0.15) is 0 Å². The van der Waals surface area contributed by atoms with Gasteiger partial charge in [-0.05, 0) is 12.5 Å². The van der Waals surface area contributed by atoms with Crippen LogP contribution in [0.2, 0.25) is 0 Å². The van der Waals surface area contributed by atoms with Gasteiger partial charge in [0.2, 0.25) is 11.8 Å². The Kier molecular flexibility index (Phi) is 4.14. The van der Waals surface area contributed by atoms with E-state index in [2.05, 4.69) is 22.3 Å². The molecule has 1 aromatic rings. The molecule has 0 saturated carbocycles. The summed E-state index contributed by atoms with van der Waals surface area (Å²) in [6.45, 7) is 3.93. The third kappa shape index (κ3) is 2.86. The van der Waals surface area contributed by atoms with Crippen LogP contribution in [0.3, 0.4) is 0 Å². The Morgan fingerprint density at radius 3 is 2.67 bits per heavy atom. The minimum atomic E-state index is -0.312. The van der Waals surface area contributed by atoms with E-state index < -0.39 is 0 Å². The molecule has 0 spiro atoms. The molecule has 2 amide bonds. The molecule has 6 heteroatoms. The summed E-state index contributed by atoms with van der Waals surface area (Å²) in [6, 6.07) is 8.30. The summed E-state index contributed by atoms with van der Waals surface area (Å²) < 4.78 is 5.75. The third-order valence-electron chi connectivity index (χ3n) is 5.29. The number of fused-ring (bicyclic) bond motifs is 1. The average molecular weight is 329 g/mol. The first-order chi connectivity index (χ1) is 11.7. The van der Waals surface area contributed by atoms with Crippen molar-refractivity contribution in [3.8, 4) is 5.75 Å². The van der Waals surface area contributed by atoms with Crippen molar-refractivity contribution >= 4 is 11.8 Å². The Balaban J connectivity index is 1.38. The predicted octanol–water partition coefficient (Wildman–Crippen LogP) is 0.933. The number of nitrogens with one attached hydrogen (secondary N) is 1. The van der Waals surface area contributed by atoms with Crippen molar-refractivity contribution in [2.45, 2.75) is 31.3 Å². The van der Waals surface area contributed by atoms with Gasteiger partial charge >= 0.3 is 0 Å². The highest BCUT2D eigenvalue weighted by Crippen LogP contribution is 2.36. The van der Waals surface area contributed by atoms with Crippen molar-refractivity contribution < 1.29 is 14.3 Å². The highest BCUT2D eigenvalue weighted by atomic mass is 16.5. The zero-order valence-corrected chi connectivity index (χ0v) is 13.7. The van der Waals surface area contributed by atoms with Crippen LogP contribution in [0.4, 0.5) is 0 Å². The first-order valence-electron chi connectivity index (χ1n) is 8.76. The van der Waals surface area contributed by atoms with Crippen LogP contribution in [-0.4, -0.2) is 60.4 Å². The standard InChI is InChI=1S/C18H23N3O3/c22-17-6-5-14(19-17)18(23)21-10-8-20(9-11-21)15-7-12-24-16-4-2-1-3-13(15)16/h1-4,14-15H,5-12H2,(H,19,22). The van der Waals surface area contributed by atoms with E-state index in [0.29, 0.717) is 18.9 Å². The van der Waals surface area contributed by atoms with E-state index in [1.165, 1.54) is 5.56 Å². The number of ether oxygens (including phenoxy) is 1. The summed E-state index contributed by atoms with van der Waals surface area (Å²) in [6.07, 6.45) is 2.09. The lowest BCUT2D eigenvalue weighted by Gasteiger charge is -2.41. The molecule has 0 aliphatic carbocycles. The lowest BCUT2D eigenvalue weighted by molar-refractivity contribution is -0.136. The Morgan fingerprint density at radius 2 is 1.92 bits per heavy atom. The number of hydrogen-bond acceptors (Lipinski definition) is 4. The molecule has 6 nitrogen and oxygen atoms in total. The Hall–Kier alpha value is -2.08. The number of benzene rings is 1. The van der Waals surface area contributed by atoms with E-state index in [1.807, 2.05) is 17.0 Å². The smallest absolute Gasteiger partial charge is 0.245 e. The molecule has 2 unspecified atom stereocenters. The molecule has 2 atom stereocenters. The van der Waals surface area contributed by atoms with Gasteiger partial charge in [-0.1, -0.05) is 18.2 Å². The quantitative estimate of drug-likeness (QED) is 0.877. The summed E-state index contributed by atoms with van der Waals surface area (Å²) in [7, 11) is 0. The van der Waals surface area contributed by atoms with E-state index in [9.17, 15) is 9.59 Å². The average Bonchev–Trinajstić information content (AvgIpc) is 3.07. The molecular weight excluding hydrogens is 306 g/mol. The molecule has 24 heavy (non-hydrogen) atoms. The molecule has 3 heterocycles. The first-order valence-corrected chi connectivity index (χ1v) is 8.76. The number of amides is 2. The monoisotopic (exact) mass is 329 g/mol. The van der Waals surface area contributed by atoms with E-state index in [1.54, 1.807) is 0 Å². The Morgan fingerprint density at radius 1 is 1.12 bits per heavy atom. The minimum absolute atomic E-state index is 0.00852. The first kappa shape index (κ1) is 15.4. The van der Waals surface area contributed by atoms with Gasteiger partial charge in [0.05, 0.1) is 6.61 Å². The van der Waals surface area contributed by atoms with Gasteiger partial charge < -0.3 is 15.0 Å². The van der Waals surface area contributed by atoms with E-state index in [-0.39, 0.29) is 17.9 Å². The van der Waals surface area contributed by atoms with Crippen LogP contribution >= 0.6 is 0 Å². The summed E-state index contributed by atoms with van der Waals surface area (Å²) >= 11 is 0. The molecule has 0 bridgehead atoms. The summed E-state index contributed by atoms with van der Waals surface area (Å²) in [4.78, 5) is 28.2. The molecule has 2 saturated heterocycles. The molecular formula is C18H23N3O3. The van der Waals surface area contributed by atoms with Gasteiger partial charge in [-0.25, -0.2) is 0 Å². The van der Waals surface area contributed by atoms with E-state index in [4.69, 9.17) is 4.74 Å². The van der Waals surface area contributed by atoms with Crippen molar-refractivity contribution in [2.75, 3.05) is 32.8 Å². The van der Waals surface area contributed by atoms with Crippen LogP contribution in [0.5, 0.6) is 5.75 Å². The fourth-order valence-corrected chi connectivity index (χ4v) is 3.98. The second-order valence-electron chi connectivity index (χ2n) is 6.71. The number of carbonyl (C=O) groups excluding carboxylic acids is 2. The third-order valence-corrected chi connectivity index (χ3v) is 5.29. The molecule has 3 aliphatic heterocycles. The van der Waals surface area contributed by atoms with Crippen LogP contribution in [0.15, 0.2) is 24.3 Å². The van der Waals surface area contributed by atoms with Crippen molar-refractivity contribution in [3.05, 3.63) is 29.8 Å². The van der Waals surface area contributed by atoms with Crippen LogP contribution in [-0.2, 0) is 9.59 Å². The van der Waals surface area contributed by atoms with Crippen LogP contribution in [0, 0.1) is 0 Å². The van der Waals surface area contributed by atoms with Gasteiger partial charge in [0.1, 0.15) is 11.8 Å². The zero-order chi connectivity index (χ0) is 16.5. The van der Waals surface area contributed by atoms with Crippen LogP contribution in [0.1, 0.15) is 30.9 Å². The van der Waals surface area contributed by atoms with Crippen molar-refractivity contribution in [1.29, 1.82) is 0 Å². The summed E-state index contributed by atoms with van der Waals surface area (Å²) in [5.74, 6) is 1.06. The van der Waals surface area contributed by atoms with Crippen LogP contribution < -0.4 is 10.1 Å². The second kappa shape index (κ2) is 6.43. The number of para-hydroxylation sites is 1. The highest BCUT2D eigenvalue weighted by Gasteiger charge is 2.34. The van der Waals surface area contributed by atoms with Crippen molar-refractivity contribution in [1.82, 2.24) is 15.1 Å². The zero-order valence-electron chi connectivity index (χ0n) is 13.7. The van der Waals surface area contributed by atoms with Crippen LogP contribution in [0.25, 0.3) is 0 Å². The lowest BCUT2D eigenvalue weighted by Crippen LogP contribution is -2.54. The molecule has 1 aromatic carbocycles. The summed E-state index contributed by atoms with van der Waals surface area (Å²) in [5, 5.41) is 2.78. The van der Waals surface area contributed by atoms with E-state index in [0.717, 1.165) is 45.0 Å². The largest absolute Gasteiger partial charge is 0.493 e. The van der Waals surface area contributed by atoms with E-state index >= 15 is 0 Å². The van der Waals surface area contributed by atoms with Gasteiger partial charge in [-0.15, -0.1) is 0 Å². The number of hydrogen-bond donors (Lipinski definition) is 1. The fourth-order valence-electron chi connectivity index (χ4n) is 3.98. The van der Waals surface area contributed by atoms with Gasteiger partial charge in [0.15, 0.2) is 0 Å². The Bertz CT molecular complexity index is 640. The lowest BCUT2D eigenvalue weighted by atomic mass is 9.98. The maximum Gasteiger partial charge on any atom is 0.245 e. The normalized spacial score (nSPS) is 27.3. The van der Waals surface area contributed by atoms with Crippen molar-refractivity contribution in [2.24, 2.45) is 0 Å². The maximum atomic E-state index is 12.5. The molecule has 0 aromatic heterocycles. The number of carbonyl (C=O) groups is 2. The fraction of sp³-hybridized carbons (Fsp3) is 0.556. The molecule has 2 fully saturated rings. The number of nitrogens with zero attached hydrogens (tertiary/aromatic N) is 2. The molecule has 128 valence electrons. The highest BCUT2D eigenvalue weighted by molar-refractivity contribution is 5.90. The van der Waals surface area contributed by atoms with Gasteiger partial charge in [0, 0.05) is 50.6 Å². The molecule has 3 aliphatic rings. The number of piperazine rings is 1. The molecule has 0 radical (unpaired) electrons. The molecule has 1 N–H and O–H groups in total. The molecule has 4 rings (SSSR count). The predicted molar refractivity (Wildman–Crippen MR) is 88.6 cm³/mol. The maximum absolute atomic E-state index is 12.5. The Labute approximate surface area is 141 Å². The topological polar surface area (TPSA) is 61.9 Å². The van der Waals surface area contributed by atoms with Gasteiger partial charge in [-0.3, -0.25) is 14.5 Å².